The molecule has 0 bridgehead atoms. The molecule has 0 saturated heterocycles. The van der Waals surface area contributed by atoms with Gasteiger partial charge >= 0.3 is 0 Å². The van der Waals surface area contributed by atoms with Crippen LogP contribution in [-0.4, -0.2) is 20.8 Å². The fourth-order valence-electron chi connectivity index (χ4n) is 3.32. The van der Waals surface area contributed by atoms with Crippen LogP contribution in [0.5, 0.6) is 5.75 Å². The number of carbonyl (C=O) groups is 1. The number of nitrogens with zero attached hydrogens (tertiary/aromatic N) is 3. The Balaban J connectivity index is 1.75. The molecule has 0 radical (unpaired) electrons. The zero-order valence-electron chi connectivity index (χ0n) is 17.9. The van der Waals surface area contributed by atoms with E-state index in [4.69, 9.17) is 9.26 Å². The van der Waals surface area contributed by atoms with E-state index in [9.17, 15) is 4.79 Å². The van der Waals surface area contributed by atoms with Crippen LogP contribution in [0, 0.1) is 27.7 Å². The molecule has 1 unspecified atom stereocenters. The summed E-state index contributed by atoms with van der Waals surface area (Å²) >= 11 is 0. The Hall–Kier alpha value is -3.09. The summed E-state index contributed by atoms with van der Waals surface area (Å²) in [7, 11) is 0. The molecule has 0 aliphatic rings. The number of hydrogen-bond donors (Lipinski definition) is 1. The van der Waals surface area contributed by atoms with Crippen molar-refractivity contribution in [2.45, 2.75) is 60.7 Å². The molecule has 154 valence electrons. The Morgan fingerprint density at radius 2 is 2.03 bits per heavy atom. The van der Waals surface area contributed by atoms with Crippen molar-refractivity contribution in [3.05, 3.63) is 63.8 Å². The number of aryl methyl sites for hydroxylation is 3. The van der Waals surface area contributed by atoms with E-state index < -0.39 is 0 Å². The van der Waals surface area contributed by atoms with Gasteiger partial charge in [-0.3, -0.25) is 9.48 Å². The van der Waals surface area contributed by atoms with Crippen molar-refractivity contribution in [3.63, 3.8) is 0 Å². The molecule has 0 aliphatic heterocycles. The molecule has 1 amide bonds. The highest BCUT2D eigenvalue weighted by molar-refractivity contribution is 5.94. The van der Waals surface area contributed by atoms with Gasteiger partial charge in [0.05, 0.1) is 17.8 Å². The molecule has 0 spiro atoms. The Labute approximate surface area is 171 Å². The normalized spacial score (nSPS) is 12.1. The largest absolute Gasteiger partial charge is 0.488 e. The second-order valence-electron chi connectivity index (χ2n) is 7.25. The number of ether oxygens (including phenoxy) is 1. The lowest BCUT2D eigenvalue weighted by molar-refractivity contribution is 0.0928. The molecule has 29 heavy (non-hydrogen) atoms. The van der Waals surface area contributed by atoms with Gasteiger partial charge < -0.3 is 14.6 Å². The van der Waals surface area contributed by atoms with Gasteiger partial charge in [0.15, 0.2) is 5.69 Å². The maximum Gasteiger partial charge on any atom is 0.274 e. The van der Waals surface area contributed by atoms with Crippen LogP contribution in [-0.2, 0) is 13.2 Å². The maximum absolute atomic E-state index is 12.9. The smallest absolute Gasteiger partial charge is 0.274 e. The van der Waals surface area contributed by atoms with E-state index in [2.05, 4.69) is 15.6 Å². The maximum atomic E-state index is 12.9. The zero-order chi connectivity index (χ0) is 21.1. The topological polar surface area (TPSA) is 82.2 Å². The first kappa shape index (κ1) is 20.6. The molecule has 1 N–H and O–H groups in total. The summed E-state index contributed by atoms with van der Waals surface area (Å²) in [5.74, 6) is 1.06. The molecule has 7 nitrogen and oxygen atoms in total. The average Bonchev–Trinajstić information content (AvgIpc) is 3.25. The van der Waals surface area contributed by atoms with Crippen LogP contribution in [0.25, 0.3) is 0 Å². The van der Waals surface area contributed by atoms with E-state index in [-0.39, 0.29) is 24.2 Å². The summed E-state index contributed by atoms with van der Waals surface area (Å²) in [6.45, 7) is 12.8. The summed E-state index contributed by atoms with van der Waals surface area (Å²) in [5, 5.41) is 11.3. The van der Waals surface area contributed by atoms with E-state index >= 15 is 0 Å². The number of hydrogen-bond acceptors (Lipinski definition) is 5. The van der Waals surface area contributed by atoms with Gasteiger partial charge in [-0.1, -0.05) is 17.3 Å². The van der Waals surface area contributed by atoms with Crippen LogP contribution in [0.4, 0.5) is 0 Å². The lowest BCUT2D eigenvalue weighted by atomic mass is 10.1. The first-order chi connectivity index (χ1) is 13.8. The van der Waals surface area contributed by atoms with Gasteiger partial charge in [-0.05, 0) is 58.7 Å². The SMILES string of the molecule is CCn1ncc(C(C)NC(=O)c2noc(C)c2COc2cccc(C)c2C)c1C. The van der Waals surface area contributed by atoms with Crippen molar-refractivity contribution < 1.29 is 14.1 Å². The average molecular weight is 396 g/mol. The van der Waals surface area contributed by atoms with Crippen LogP contribution >= 0.6 is 0 Å². The molecule has 2 aromatic heterocycles. The summed E-state index contributed by atoms with van der Waals surface area (Å²) in [5.41, 5.74) is 5.14. The molecular weight excluding hydrogens is 368 g/mol. The lowest BCUT2D eigenvalue weighted by Gasteiger charge is -2.14. The highest BCUT2D eigenvalue weighted by Gasteiger charge is 2.23. The van der Waals surface area contributed by atoms with Crippen molar-refractivity contribution in [2.75, 3.05) is 0 Å². The third kappa shape index (κ3) is 4.18. The molecule has 3 rings (SSSR count). The first-order valence-electron chi connectivity index (χ1n) is 9.80. The molecule has 0 fully saturated rings. The zero-order valence-corrected chi connectivity index (χ0v) is 17.9. The Bertz CT molecular complexity index is 1020. The number of benzene rings is 1. The Morgan fingerprint density at radius 3 is 2.72 bits per heavy atom. The minimum Gasteiger partial charge on any atom is -0.488 e. The molecule has 0 aliphatic carbocycles. The monoisotopic (exact) mass is 396 g/mol. The number of aromatic nitrogens is 3. The standard InChI is InChI=1S/C22H28N4O3/c1-7-26-16(5)18(11-23-26)15(4)24-22(27)21-19(17(6)29-25-21)12-28-20-10-8-9-13(2)14(20)3/h8-11,15H,7,12H2,1-6H3,(H,24,27). The van der Waals surface area contributed by atoms with Crippen LogP contribution in [0.3, 0.4) is 0 Å². The number of amides is 1. The highest BCUT2D eigenvalue weighted by atomic mass is 16.5. The number of carbonyl (C=O) groups excluding carboxylic acids is 1. The Kier molecular flexibility index (Phi) is 6.06. The Morgan fingerprint density at radius 1 is 1.28 bits per heavy atom. The molecule has 7 heteroatoms. The quantitative estimate of drug-likeness (QED) is 0.647. The summed E-state index contributed by atoms with van der Waals surface area (Å²) < 4.78 is 13.2. The molecule has 1 atom stereocenters. The predicted molar refractivity (Wildman–Crippen MR) is 110 cm³/mol. The highest BCUT2D eigenvalue weighted by Crippen LogP contribution is 2.24. The van der Waals surface area contributed by atoms with Gasteiger partial charge in [0.2, 0.25) is 0 Å². The van der Waals surface area contributed by atoms with Gasteiger partial charge in [0.25, 0.3) is 5.91 Å². The van der Waals surface area contributed by atoms with E-state index in [0.29, 0.717) is 11.3 Å². The minimum absolute atomic E-state index is 0.201. The first-order valence-corrected chi connectivity index (χ1v) is 9.80. The van der Waals surface area contributed by atoms with Crippen molar-refractivity contribution in [1.29, 1.82) is 0 Å². The molecule has 2 heterocycles. The fraction of sp³-hybridized carbons (Fsp3) is 0.409. The molecule has 1 aromatic carbocycles. The second kappa shape index (κ2) is 8.51. The van der Waals surface area contributed by atoms with Gasteiger partial charge in [-0.15, -0.1) is 0 Å². The minimum atomic E-state index is -0.294. The van der Waals surface area contributed by atoms with E-state index in [1.165, 1.54) is 0 Å². The van der Waals surface area contributed by atoms with E-state index in [1.807, 2.05) is 57.5 Å². The molecular formula is C22H28N4O3. The number of nitrogens with one attached hydrogen (secondary N) is 1. The van der Waals surface area contributed by atoms with Crippen LogP contribution < -0.4 is 10.1 Å². The van der Waals surface area contributed by atoms with Gasteiger partial charge in [0, 0.05) is 17.8 Å². The third-order valence-corrected chi connectivity index (χ3v) is 5.38. The van der Waals surface area contributed by atoms with Gasteiger partial charge in [0.1, 0.15) is 18.1 Å². The number of rotatable bonds is 7. The third-order valence-electron chi connectivity index (χ3n) is 5.38. The van der Waals surface area contributed by atoms with Crippen LogP contribution in [0.1, 0.15) is 64.1 Å². The van der Waals surface area contributed by atoms with Gasteiger partial charge in [-0.25, -0.2) is 0 Å². The van der Waals surface area contributed by atoms with Crippen LogP contribution in [0.2, 0.25) is 0 Å². The van der Waals surface area contributed by atoms with Crippen LogP contribution in [0.15, 0.2) is 28.9 Å². The van der Waals surface area contributed by atoms with Crippen molar-refractivity contribution in [3.8, 4) is 5.75 Å². The molecule has 3 aromatic rings. The molecule has 0 saturated carbocycles. The summed E-state index contributed by atoms with van der Waals surface area (Å²) in [6.07, 6.45) is 1.79. The summed E-state index contributed by atoms with van der Waals surface area (Å²) in [6, 6.07) is 5.70. The summed E-state index contributed by atoms with van der Waals surface area (Å²) in [4.78, 5) is 12.9. The van der Waals surface area contributed by atoms with Crippen molar-refractivity contribution >= 4 is 5.91 Å². The van der Waals surface area contributed by atoms with Crippen molar-refractivity contribution in [2.24, 2.45) is 0 Å². The van der Waals surface area contributed by atoms with E-state index in [1.54, 1.807) is 13.1 Å². The van der Waals surface area contributed by atoms with E-state index in [0.717, 1.165) is 34.7 Å². The predicted octanol–water partition coefficient (Wildman–Crippen LogP) is 4.19. The second-order valence-corrected chi connectivity index (χ2v) is 7.25. The fourth-order valence-corrected chi connectivity index (χ4v) is 3.32. The lowest BCUT2D eigenvalue weighted by Crippen LogP contribution is -2.28. The van der Waals surface area contributed by atoms with Crippen molar-refractivity contribution in [1.82, 2.24) is 20.3 Å². The van der Waals surface area contributed by atoms with Gasteiger partial charge in [-0.2, -0.15) is 5.10 Å².